The van der Waals surface area contributed by atoms with Gasteiger partial charge in [0.25, 0.3) is 5.91 Å². The van der Waals surface area contributed by atoms with Crippen molar-refractivity contribution in [1.82, 2.24) is 5.32 Å². The van der Waals surface area contributed by atoms with Crippen molar-refractivity contribution in [3.05, 3.63) is 94.0 Å². The highest BCUT2D eigenvalue weighted by atomic mass is 35.5. The molecule has 1 heterocycles. The highest BCUT2D eigenvalue weighted by Crippen LogP contribution is 2.28. The molecule has 3 aromatic rings. The number of rotatable bonds is 6. The number of esters is 1. The van der Waals surface area contributed by atoms with E-state index in [-0.39, 0.29) is 22.1 Å². The van der Waals surface area contributed by atoms with Gasteiger partial charge in [0.15, 0.2) is 0 Å². The van der Waals surface area contributed by atoms with Gasteiger partial charge in [0.1, 0.15) is 17.5 Å². The number of nitrogens with one attached hydrogen (secondary N) is 2. The molecule has 1 aliphatic heterocycles. The number of carbonyl (C=O) groups is 2. The summed E-state index contributed by atoms with van der Waals surface area (Å²) in [7, 11) is -4.09. The SMILES string of the molecule is NS(=O)(=O)c1cc(C(=O)Nc2ccc3c(c2)C(C(=O)OCc2ccccc2)NCC3)ccc1Cl. The molecule has 8 nitrogen and oxygen atoms in total. The molecule has 0 aliphatic carbocycles. The number of benzene rings is 3. The minimum atomic E-state index is -4.09. The van der Waals surface area contributed by atoms with Gasteiger partial charge in [-0.15, -0.1) is 0 Å². The fraction of sp³-hybridized carbons (Fsp3) is 0.167. The Balaban J connectivity index is 1.52. The van der Waals surface area contributed by atoms with Crippen molar-refractivity contribution < 1.29 is 22.7 Å². The number of sulfonamides is 1. The smallest absolute Gasteiger partial charge is 0.328 e. The molecule has 3 aromatic carbocycles. The Bertz CT molecular complexity index is 1350. The van der Waals surface area contributed by atoms with E-state index in [0.29, 0.717) is 17.8 Å². The average Bonchev–Trinajstić information content (AvgIpc) is 2.82. The number of amides is 1. The van der Waals surface area contributed by atoms with Crippen LogP contribution in [0.1, 0.15) is 33.1 Å². The maximum atomic E-state index is 12.8. The van der Waals surface area contributed by atoms with E-state index in [0.717, 1.165) is 23.6 Å². The van der Waals surface area contributed by atoms with E-state index >= 15 is 0 Å². The van der Waals surface area contributed by atoms with Crippen molar-refractivity contribution in [3.63, 3.8) is 0 Å². The molecule has 4 rings (SSSR count). The van der Waals surface area contributed by atoms with Gasteiger partial charge in [0.2, 0.25) is 10.0 Å². The maximum absolute atomic E-state index is 12.8. The van der Waals surface area contributed by atoms with Crippen molar-refractivity contribution in [1.29, 1.82) is 0 Å². The Kier molecular flexibility index (Phi) is 6.99. The third-order valence-electron chi connectivity index (χ3n) is 5.42. The van der Waals surface area contributed by atoms with E-state index in [2.05, 4.69) is 10.6 Å². The van der Waals surface area contributed by atoms with Crippen LogP contribution in [0.15, 0.2) is 71.6 Å². The van der Waals surface area contributed by atoms with Gasteiger partial charge < -0.3 is 15.4 Å². The van der Waals surface area contributed by atoms with E-state index in [1.54, 1.807) is 12.1 Å². The van der Waals surface area contributed by atoms with E-state index in [1.807, 2.05) is 36.4 Å². The van der Waals surface area contributed by atoms with Crippen molar-refractivity contribution in [2.45, 2.75) is 24.0 Å². The van der Waals surface area contributed by atoms with E-state index in [4.69, 9.17) is 21.5 Å². The Hall–Kier alpha value is -3.24. The lowest BCUT2D eigenvalue weighted by Crippen LogP contribution is -2.36. The Morgan fingerprint density at radius 1 is 1.09 bits per heavy atom. The number of nitrogens with two attached hydrogens (primary N) is 1. The van der Waals surface area contributed by atoms with E-state index in [1.165, 1.54) is 12.1 Å². The van der Waals surface area contributed by atoms with Crippen LogP contribution in [0.25, 0.3) is 0 Å². The molecule has 1 amide bonds. The van der Waals surface area contributed by atoms with Gasteiger partial charge in [0.05, 0.1) is 5.02 Å². The first kappa shape index (κ1) is 23.9. The summed E-state index contributed by atoms with van der Waals surface area (Å²) < 4.78 is 28.9. The normalized spacial score (nSPS) is 15.3. The number of halogens is 1. The summed E-state index contributed by atoms with van der Waals surface area (Å²) in [5, 5.41) is 11.0. The third kappa shape index (κ3) is 5.45. The van der Waals surface area contributed by atoms with Gasteiger partial charge in [-0.25, -0.2) is 18.4 Å². The maximum Gasteiger partial charge on any atom is 0.328 e. The van der Waals surface area contributed by atoms with Crippen LogP contribution in [0.2, 0.25) is 5.02 Å². The summed E-state index contributed by atoms with van der Waals surface area (Å²) in [5.41, 5.74) is 3.09. The number of hydrogen-bond donors (Lipinski definition) is 3. The zero-order valence-electron chi connectivity index (χ0n) is 18.0. The van der Waals surface area contributed by atoms with E-state index in [9.17, 15) is 18.0 Å². The summed E-state index contributed by atoms with van der Waals surface area (Å²) in [6.07, 6.45) is 0.723. The molecule has 0 radical (unpaired) electrons. The first-order chi connectivity index (χ1) is 16.2. The van der Waals surface area contributed by atoms with Gasteiger partial charge >= 0.3 is 5.97 Å². The van der Waals surface area contributed by atoms with Crippen molar-refractivity contribution in [3.8, 4) is 0 Å². The highest BCUT2D eigenvalue weighted by molar-refractivity contribution is 7.89. The predicted molar refractivity (Wildman–Crippen MR) is 128 cm³/mol. The summed E-state index contributed by atoms with van der Waals surface area (Å²) in [6.45, 7) is 0.775. The first-order valence-electron chi connectivity index (χ1n) is 10.4. The van der Waals surface area contributed by atoms with Gasteiger partial charge in [-0.05, 0) is 53.4 Å². The second-order valence-electron chi connectivity index (χ2n) is 7.79. The Morgan fingerprint density at radius 2 is 1.85 bits per heavy atom. The molecular formula is C24H22ClN3O5S. The Labute approximate surface area is 202 Å². The molecule has 4 N–H and O–H groups in total. The van der Waals surface area contributed by atoms with Crippen LogP contribution >= 0.6 is 11.6 Å². The molecule has 0 bridgehead atoms. The molecule has 0 aromatic heterocycles. The van der Waals surface area contributed by atoms with Crippen molar-refractivity contribution >= 4 is 39.2 Å². The van der Waals surface area contributed by atoms with Crippen LogP contribution in [0, 0.1) is 0 Å². The van der Waals surface area contributed by atoms with Crippen LogP contribution < -0.4 is 15.8 Å². The van der Waals surface area contributed by atoms with Crippen LogP contribution in [0.4, 0.5) is 5.69 Å². The zero-order chi connectivity index (χ0) is 24.3. The molecule has 0 spiro atoms. The summed E-state index contributed by atoms with van der Waals surface area (Å²) >= 11 is 5.89. The van der Waals surface area contributed by atoms with Crippen LogP contribution in [-0.2, 0) is 32.6 Å². The topological polar surface area (TPSA) is 128 Å². The summed E-state index contributed by atoms with van der Waals surface area (Å²) in [4.78, 5) is 25.2. The lowest BCUT2D eigenvalue weighted by Gasteiger charge is -2.26. The second kappa shape index (κ2) is 9.94. The molecule has 10 heteroatoms. The summed E-state index contributed by atoms with van der Waals surface area (Å²) in [6, 6.07) is 17.8. The van der Waals surface area contributed by atoms with Crippen molar-refractivity contribution in [2.24, 2.45) is 5.14 Å². The first-order valence-corrected chi connectivity index (χ1v) is 12.4. The molecule has 1 aliphatic rings. The lowest BCUT2D eigenvalue weighted by atomic mass is 9.93. The number of anilines is 1. The van der Waals surface area contributed by atoms with Gasteiger partial charge in [-0.3, -0.25) is 4.79 Å². The zero-order valence-corrected chi connectivity index (χ0v) is 19.5. The minimum absolute atomic E-state index is 0.0723. The van der Waals surface area contributed by atoms with Gasteiger partial charge in [-0.2, -0.15) is 0 Å². The van der Waals surface area contributed by atoms with Crippen LogP contribution in [0.5, 0.6) is 0 Å². The number of ether oxygens (including phenoxy) is 1. The second-order valence-corrected chi connectivity index (χ2v) is 9.73. The molecule has 34 heavy (non-hydrogen) atoms. The molecule has 1 unspecified atom stereocenters. The molecule has 0 saturated carbocycles. The minimum Gasteiger partial charge on any atom is -0.459 e. The molecule has 1 atom stereocenters. The molecule has 176 valence electrons. The number of fused-ring (bicyclic) bond motifs is 1. The van der Waals surface area contributed by atoms with Gasteiger partial charge in [0, 0.05) is 17.8 Å². The standard InChI is InChI=1S/C24H22ClN3O5S/c25-20-9-7-17(12-21(20)34(26,31)32)23(29)28-18-8-6-16-10-11-27-22(19(16)13-18)24(30)33-14-15-4-2-1-3-5-15/h1-9,12-13,22,27H,10-11,14H2,(H,28,29)(H2,26,31,32). The molecule has 0 saturated heterocycles. The largest absolute Gasteiger partial charge is 0.459 e. The van der Waals surface area contributed by atoms with E-state index < -0.39 is 27.9 Å². The monoisotopic (exact) mass is 499 g/mol. The average molecular weight is 500 g/mol. The van der Waals surface area contributed by atoms with Crippen molar-refractivity contribution in [2.75, 3.05) is 11.9 Å². The van der Waals surface area contributed by atoms with Crippen LogP contribution in [0.3, 0.4) is 0 Å². The third-order valence-corrected chi connectivity index (χ3v) is 6.81. The van der Waals surface area contributed by atoms with Gasteiger partial charge in [-0.1, -0.05) is 48.0 Å². The number of primary sulfonamides is 1. The molecular weight excluding hydrogens is 478 g/mol. The fourth-order valence-electron chi connectivity index (χ4n) is 3.72. The Morgan fingerprint density at radius 3 is 2.59 bits per heavy atom. The highest BCUT2D eigenvalue weighted by Gasteiger charge is 2.28. The molecule has 0 fully saturated rings. The number of carbonyl (C=O) groups excluding carboxylic acids is 2. The quantitative estimate of drug-likeness (QED) is 0.447. The lowest BCUT2D eigenvalue weighted by molar-refractivity contribution is -0.147. The summed E-state index contributed by atoms with van der Waals surface area (Å²) in [5.74, 6) is -0.961. The predicted octanol–water partition coefficient (Wildman–Crippen LogP) is 3.17. The fourth-order valence-corrected chi connectivity index (χ4v) is 4.79. The van der Waals surface area contributed by atoms with Crippen LogP contribution in [-0.4, -0.2) is 26.8 Å². The number of hydrogen-bond acceptors (Lipinski definition) is 6.